The molecule has 0 radical (unpaired) electrons. The van der Waals surface area contributed by atoms with Crippen LogP contribution in [0, 0.1) is 0 Å². The van der Waals surface area contributed by atoms with Gasteiger partial charge in [0.25, 0.3) is 0 Å². The number of halogens is 1. The summed E-state index contributed by atoms with van der Waals surface area (Å²) in [5, 5.41) is 1.89. The Kier molecular flexibility index (Phi) is 3.53. The van der Waals surface area contributed by atoms with Gasteiger partial charge in [0.05, 0.1) is 4.88 Å². The first-order valence-corrected chi connectivity index (χ1v) is 6.46. The lowest BCUT2D eigenvalue weighted by Gasteiger charge is -2.01. The van der Waals surface area contributed by atoms with Crippen molar-refractivity contribution in [1.29, 1.82) is 0 Å². The van der Waals surface area contributed by atoms with Gasteiger partial charge >= 0.3 is 0 Å². The van der Waals surface area contributed by atoms with Crippen LogP contribution in [-0.4, -0.2) is 5.78 Å². The van der Waals surface area contributed by atoms with E-state index in [1.54, 1.807) is 0 Å². The largest absolute Gasteiger partial charge is 0.326 e. The highest BCUT2D eigenvalue weighted by atomic mass is 79.9. The molecule has 2 N–H and O–H groups in total. The van der Waals surface area contributed by atoms with Gasteiger partial charge in [-0.25, -0.2) is 0 Å². The Hall–Kier alpha value is -0.970. The summed E-state index contributed by atoms with van der Waals surface area (Å²) in [4.78, 5) is 12.8. The van der Waals surface area contributed by atoms with Crippen LogP contribution in [0.3, 0.4) is 0 Å². The van der Waals surface area contributed by atoms with Crippen molar-refractivity contribution in [2.45, 2.75) is 6.54 Å². The van der Waals surface area contributed by atoms with Crippen LogP contribution in [0.1, 0.15) is 20.8 Å². The monoisotopic (exact) mass is 295 g/mol. The van der Waals surface area contributed by atoms with E-state index in [2.05, 4.69) is 15.9 Å². The van der Waals surface area contributed by atoms with Crippen LogP contribution >= 0.6 is 27.3 Å². The zero-order chi connectivity index (χ0) is 11.5. The van der Waals surface area contributed by atoms with Crippen LogP contribution in [0.4, 0.5) is 0 Å². The third-order valence-electron chi connectivity index (χ3n) is 2.28. The number of carbonyl (C=O) groups is 1. The number of rotatable bonds is 3. The fourth-order valence-electron chi connectivity index (χ4n) is 1.38. The van der Waals surface area contributed by atoms with Crippen molar-refractivity contribution < 1.29 is 4.79 Å². The molecule has 1 aromatic carbocycles. The number of hydrogen-bond donors (Lipinski definition) is 1. The topological polar surface area (TPSA) is 43.1 Å². The highest BCUT2D eigenvalue weighted by Gasteiger charge is 2.13. The molecule has 0 aliphatic heterocycles. The second-order valence-corrected chi connectivity index (χ2v) is 5.10. The van der Waals surface area contributed by atoms with Crippen molar-refractivity contribution in [3.8, 4) is 0 Å². The van der Waals surface area contributed by atoms with E-state index in [9.17, 15) is 4.79 Å². The van der Waals surface area contributed by atoms with Gasteiger partial charge in [-0.15, -0.1) is 11.3 Å². The Bertz CT molecular complexity index is 504. The Morgan fingerprint density at radius 1 is 1.25 bits per heavy atom. The Morgan fingerprint density at radius 3 is 2.44 bits per heavy atom. The van der Waals surface area contributed by atoms with Crippen molar-refractivity contribution in [1.82, 2.24) is 0 Å². The van der Waals surface area contributed by atoms with E-state index < -0.39 is 0 Å². The fourth-order valence-corrected chi connectivity index (χ4v) is 2.89. The van der Waals surface area contributed by atoms with Gasteiger partial charge in [-0.05, 0) is 32.9 Å². The number of ketones is 1. The van der Waals surface area contributed by atoms with Gasteiger partial charge in [0.15, 0.2) is 0 Å². The number of carbonyl (C=O) groups excluding carboxylic acids is 1. The summed E-state index contributed by atoms with van der Waals surface area (Å²) >= 11 is 4.80. The van der Waals surface area contributed by atoms with Crippen LogP contribution in [-0.2, 0) is 6.54 Å². The molecule has 82 valence electrons. The lowest BCUT2D eigenvalue weighted by Crippen LogP contribution is -2.01. The molecular formula is C12H10BrNOS. The molecule has 2 aromatic rings. The summed E-state index contributed by atoms with van der Waals surface area (Å²) in [6.07, 6.45) is 0. The fraction of sp³-hybridized carbons (Fsp3) is 0.0833. The first-order chi connectivity index (χ1) is 7.72. The molecule has 16 heavy (non-hydrogen) atoms. The van der Waals surface area contributed by atoms with Crippen LogP contribution in [0.25, 0.3) is 0 Å². The molecule has 0 saturated heterocycles. The average molecular weight is 296 g/mol. The Balaban J connectivity index is 2.31. The molecule has 0 fully saturated rings. The first-order valence-electron chi connectivity index (χ1n) is 4.79. The maximum Gasteiger partial charge on any atom is 0.204 e. The van der Waals surface area contributed by atoms with Crippen molar-refractivity contribution in [3.63, 3.8) is 0 Å². The zero-order valence-electron chi connectivity index (χ0n) is 8.44. The molecule has 0 aliphatic carbocycles. The zero-order valence-corrected chi connectivity index (χ0v) is 10.8. The number of nitrogens with two attached hydrogens (primary N) is 1. The molecule has 0 aliphatic rings. The van der Waals surface area contributed by atoms with Crippen LogP contribution < -0.4 is 5.73 Å². The second kappa shape index (κ2) is 4.91. The number of benzene rings is 1. The van der Waals surface area contributed by atoms with Gasteiger partial charge in [-0.1, -0.05) is 24.3 Å². The van der Waals surface area contributed by atoms with E-state index in [-0.39, 0.29) is 5.78 Å². The van der Waals surface area contributed by atoms with Crippen molar-refractivity contribution >= 4 is 33.0 Å². The molecule has 0 atom stereocenters. The molecule has 4 heteroatoms. The SMILES string of the molecule is NCc1ccc(C(=O)c2sccc2Br)cc1. The molecule has 2 rings (SSSR count). The summed E-state index contributed by atoms with van der Waals surface area (Å²) in [5.74, 6) is 0.0467. The summed E-state index contributed by atoms with van der Waals surface area (Å²) in [7, 11) is 0. The lowest BCUT2D eigenvalue weighted by molar-refractivity contribution is 0.104. The van der Waals surface area contributed by atoms with E-state index in [1.807, 2.05) is 35.7 Å². The standard InChI is InChI=1S/C12H10BrNOS/c13-10-5-6-16-12(10)11(15)9-3-1-8(7-14)2-4-9/h1-6H,7,14H2. The highest BCUT2D eigenvalue weighted by molar-refractivity contribution is 9.10. The molecule has 1 aromatic heterocycles. The minimum absolute atomic E-state index is 0.0467. The molecule has 0 bridgehead atoms. The number of thiophene rings is 1. The quantitative estimate of drug-likeness (QED) is 0.884. The minimum atomic E-state index is 0.0467. The molecular weight excluding hydrogens is 286 g/mol. The van der Waals surface area contributed by atoms with Gasteiger partial charge in [-0.2, -0.15) is 0 Å². The van der Waals surface area contributed by atoms with Gasteiger partial charge in [0.1, 0.15) is 0 Å². The van der Waals surface area contributed by atoms with Gasteiger partial charge in [-0.3, -0.25) is 4.79 Å². The molecule has 0 spiro atoms. The molecule has 2 nitrogen and oxygen atoms in total. The maximum absolute atomic E-state index is 12.1. The summed E-state index contributed by atoms with van der Waals surface area (Å²) in [6, 6.07) is 9.28. The molecule has 0 saturated carbocycles. The average Bonchev–Trinajstić information content (AvgIpc) is 2.75. The van der Waals surface area contributed by atoms with E-state index in [0.717, 1.165) is 14.9 Å². The van der Waals surface area contributed by atoms with E-state index in [0.29, 0.717) is 12.1 Å². The predicted molar refractivity (Wildman–Crippen MR) is 69.8 cm³/mol. The van der Waals surface area contributed by atoms with Crippen LogP contribution in [0.2, 0.25) is 0 Å². The Morgan fingerprint density at radius 2 is 1.94 bits per heavy atom. The van der Waals surface area contributed by atoms with E-state index in [1.165, 1.54) is 11.3 Å². The summed E-state index contributed by atoms with van der Waals surface area (Å²) in [5.41, 5.74) is 7.23. The third-order valence-corrected chi connectivity index (χ3v) is 4.11. The summed E-state index contributed by atoms with van der Waals surface area (Å²) in [6.45, 7) is 0.497. The number of hydrogen-bond acceptors (Lipinski definition) is 3. The van der Waals surface area contributed by atoms with Gasteiger partial charge in [0, 0.05) is 16.6 Å². The summed E-state index contributed by atoms with van der Waals surface area (Å²) < 4.78 is 0.852. The van der Waals surface area contributed by atoms with Crippen molar-refractivity contribution in [2.24, 2.45) is 5.73 Å². The van der Waals surface area contributed by atoms with Crippen molar-refractivity contribution in [3.05, 3.63) is 56.2 Å². The van der Waals surface area contributed by atoms with Crippen LogP contribution in [0.5, 0.6) is 0 Å². The molecule has 0 amide bonds. The lowest BCUT2D eigenvalue weighted by atomic mass is 10.1. The second-order valence-electron chi connectivity index (χ2n) is 3.33. The van der Waals surface area contributed by atoms with Gasteiger partial charge < -0.3 is 5.73 Å². The maximum atomic E-state index is 12.1. The van der Waals surface area contributed by atoms with E-state index >= 15 is 0 Å². The first kappa shape index (κ1) is 11.5. The minimum Gasteiger partial charge on any atom is -0.326 e. The normalized spacial score (nSPS) is 10.4. The van der Waals surface area contributed by atoms with Crippen molar-refractivity contribution in [2.75, 3.05) is 0 Å². The Labute approximate surface area is 106 Å². The predicted octanol–water partition coefficient (Wildman–Crippen LogP) is 3.20. The van der Waals surface area contributed by atoms with E-state index in [4.69, 9.17) is 5.73 Å². The smallest absolute Gasteiger partial charge is 0.204 e. The highest BCUT2D eigenvalue weighted by Crippen LogP contribution is 2.25. The molecule has 0 unspecified atom stereocenters. The third kappa shape index (κ3) is 2.24. The molecule has 1 heterocycles. The van der Waals surface area contributed by atoms with Gasteiger partial charge in [0.2, 0.25) is 5.78 Å². The van der Waals surface area contributed by atoms with Crippen LogP contribution in [0.15, 0.2) is 40.2 Å².